The van der Waals surface area contributed by atoms with E-state index in [9.17, 15) is 22.8 Å². The molecule has 2 aromatic carbocycles. The zero-order valence-corrected chi connectivity index (χ0v) is 12.4. The summed E-state index contributed by atoms with van der Waals surface area (Å²) in [5.74, 6) is -4.95. The molecular weight excluding hydrogens is 327 g/mol. The number of aldehydes is 1. The van der Waals surface area contributed by atoms with Crippen LogP contribution in [0, 0.1) is 17.5 Å². The van der Waals surface area contributed by atoms with Crippen molar-refractivity contribution < 1.29 is 32.2 Å². The summed E-state index contributed by atoms with van der Waals surface area (Å²) in [5, 5.41) is 2.06. The highest BCUT2D eigenvalue weighted by atomic mass is 19.2. The lowest BCUT2D eigenvalue weighted by molar-refractivity contribution is -0.118. The Kier molecular flexibility index (Phi) is 5.41. The molecule has 0 unspecified atom stereocenters. The molecule has 1 amide bonds. The summed E-state index contributed by atoms with van der Waals surface area (Å²) >= 11 is 0. The van der Waals surface area contributed by atoms with Gasteiger partial charge in [-0.2, -0.15) is 0 Å². The molecule has 0 aliphatic rings. The predicted molar refractivity (Wildman–Crippen MR) is 78.8 cm³/mol. The lowest BCUT2D eigenvalue weighted by Crippen LogP contribution is -2.21. The van der Waals surface area contributed by atoms with E-state index < -0.39 is 35.7 Å². The minimum Gasteiger partial charge on any atom is -0.493 e. The molecule has 2 aromatic rings. The van der Waals surface area contributed by atoms with Crippen molar-refractivity contribution in [3.05, 3.63) is 53.3 Å². The van der Waals surface area contributed by atoms with E-state index in [1.165, 1.54) is 25.3 Å². The number of nitrogens with one attached hydrogen (secondary N) is 1. The number of amides is 1. The Morgan fingerprint density at radius 3 is 2.54 bits per heavy atom. The predicted octanol–water partition coefficient (Wildman–Crippen LogP) is 2.94. The van der Waals surface area contributed by atoms with Crippen LogP contribution in [-0.2, 0) is 4.79 Å². The molecule has 126 valence electrons. The van der Waals surface area contributed by atoms with Gasteiger partial charge in [0.1, 0.15) is 6.29 Å². The molecule has 0 fully saturated rings. The number of ether oxygens (including phenoxy) is 2. The SMILES string of the molecule is COc1ccc(C=O)cc1OCC(=O)Nc1ccc(F)c(F)c1F. The van der Waals surface area contributed by atoms with Crippen molar-refractivity contribution in [3.63, 3.8) is 0 Å². The zero-order chi connectivity index (χ0) is 17.7. The van der Waals surface area contributed by atoms with Crippen LogP contribution in [0.1, 0.15) is 10.4 Å². The first-order chi connectivity index (χ1) is 11.5. The van der Waals surface area contributed by atoms with E-state index >= 15 is 0 Å². The Morgan fingerprint density at radius 2 is 1.88 bits per heavy atom. The maximum atomic E-state index is 13.5. The normalized spacial score (nSPS) is 10.2. The van der Waals surface area contributed by atoms with Gasteiger partial charge in [0.25, 0.3) is 5.91 Å². The zero-order valence-electron chi connectivity index (χ0n) is 12.4. The third-order valence-corrected chi connectivity index (χ3v) is 2.99. The Bertz CT molecular complexity index is 780. The van der Waals surface area contributed by atoms with Crippen molar-refractivity contribution in [2.75, 3.05) is 19.0 Å². The van der Waals surface area contributed by atoms with E-state index in [2.05, 4.69) is 5.32 Å². The molecule has 5 nitrogen and oxygen atoms in total. The molecule has 8 heteroatoms. The van der Waals surface area contributed by atoms with E-state index in [0.29, 0.717) is 17.9 Å². The number of rotatable bonds is 6. The molecule has 0 heterocycles. The van der Waals surface area contributed by atoms with Crippen molar-refractivity contribution >= 4 is 17.9 Å². The van der Waals surface area contributed by atoms with E-state index in [1.54, 1.807) is 0 Å². The molecule has 2 rings (SSSR count). The minimum absolute atomic E-state index is 0.128. The number of anilines is 1. The molecule has 0 atom stereocenters. The van der Waals surface area contributed by atoms with Gasteiger partial charge < -0.3 is 14.8 Å². The largest absolute Gasteiger partial charge is 0.493 e. The summed E-state index contributed by atoms with van der Waals surface area (Å²) in [4.78, 5) is 22.5. The van der Waals surface area contributed by atoms with Crippen molar-refractivity contribution in [2.24, 2.45) is 0 Å². The van der Waals surface area contributed by atoms with Gasteiger partial charge in [-0.15, -0.1) is 0 Å². The van der Waals surface area contributed by atoms with Crippen LogP contribution in [0.2, 0.25) is 0 Å². The second-order valence-corrected chi connectivity index (χ2v) is 4.59. The molecule has 0 aliphatic heterocycles. The summed E-state index contributed by atoms with van der Waals surface area (Å²) in [7, 11) is 1.37. The highest BCUT2D eigenvalue weighted by Gasteiger charge is 2.16. The monoisotopic (exact) mass is 339 g/mol. The van der Waals surface area contributed by atoms with E-state index in [1.807, 2.05) is 0 Å². The molecule has 0 radical (unpaired) electrons. The Hall–Kier alpha value is -3.03. The molecule has 0 saturated carbocycles. The second-order valence-electron chi connectivity index (χ2n) is 4.59. The highest BCUT2D eigenvalue weighted by molar-refractivity contribution is 5.92. The van der Waals surface area contributed by atoms with Crippen LogP contribution < -0.4 is 14.8 Å². The van der Waals surface area contributed by atoms with Crippen LogP contribution in [0.4, 0.5) is 18.9 Å². The molecule has 1 N–H and O–H groups in total. The van der Waals surface area contributed by atoms with Crippen molar-refractivity contribution in [2.45, 2.75) is 0 Å². The fourth-order valence-corrected chi connectivity index (χ4v) is 1.83. The van der Waals surface area contributed by atoms with Gasteiger partial charge in [0.05, 0.1) is 12.8 Å². The molecule has 0 bridgehead atoms. The molecule has 0 aliphatic carbocycles. The fourth-order valence-electron chi connectivity index (χ4n) is 1.83. The lowest BCUT2D eigenvalue weighted by atomic mass is 10.2. The average Bonchev–Trinajstić information content (AvgIpc) is 2.60. The first-order valence-electron chi connectivity index (χ1n) is 6.65. The summed E-state index contributed by atoms with van der Waals surface area (Å²) in [6.45, 7) is -0.558. The molecule has 0 aromatic heterocycles. The smallest absolute Gasteiger partial charge is 0.262 e. The number of methoxy groups -OCH3 is 1. The fraction of sp³-hybridized carbons (Fsp3) is 0.125. The van der Waals surface area contributed by atoms with E-state index in [0.717, 1.165) is 6.07 Å². The number of carbonyl (C=O) groups is 2. The maximum absolute atomic E-state index is 13.5. The van der Waals surface area contributed by atoms with Crippen LogP contribution in [0.15, 0.2) is 30.3 Å². The number of benzene rings is 2. The number of carbonyl (C=O) groups excluding carboxylic acids is 2. The molecule has 0 spiro atoms. The van der Waals surface area contributed by atoms with Gasteiger partial charge >= 0.3 is 0 Å². The first-order valence-corrected chi connectivity index (χ1v) is 6.65. The van der Waals surface area contributed by atoms with Gasteiger partial charge in [-0.25, -0.2) is 13.2 Å². The second kappa shape index (κ2) is 7.49. The van der Waals surface area contributed by atoms with Crippen LogP contribution in [-0.4, -0.2) is 25.9 Å². The average molecular weight is 339 g/mol. The van der Waals surface area contributed by atoms with Crippen molar-refractivity contribution in [3.8, 4) is 11.5 Å². The maximum Gasteiger partial charge on any atom is 0.262 e. The standard InChI is InChI=1S/C16H12F3NO4/c1-23-12-5-2-9(7-21)6-13(12)24-8-14(22)20-11-4-3-10(17)15(18)16(11)19/h2-7H,8H2,1H3,(H,20,22). The molecule has 0 saturated heterocycles. The number of halogens is 3. The van der Waals surface area contributed by atoms with Crippen molar-refractivity contribution in [1.82, 2.24) is 0 Å². The summed E-state index contributed by atoms with van der Waals surface area (Å²) in [6, 6.07) is 5.91. The summed E-state index contributed by atoms with van der Waals surface area (Å²) in [6.07, 6.45) is 0.586. The number of hydrogen-bond acceptors (Lipinski definition) is 4. The molecule has 24 heavy (non-hydrogen) atoms. The quantitative estimate of drug-likeness (QED) is 0.649. The van der Waals surface area contributed by atoms with Gasteiger partial charge in [-0.3, -0.25) is 9.59 Å². The Labute approximate surface area is 135 Å². The third-order valence-electron chi connectivity index (χ3n) is 2.99. The van der Waals surface area contributed by atoms with E-state index in [-0.39, 0.29) is 11.5 Å². The van der Waals surface area contributed by atoms with Crippen LogP contribution in [0.25, 0.3) is 0 Å². The lowest BCUT2D eigenvalue weighted by Gasteiger charge is -2.11. The third kappa shape index (κ3) is 3.83. The Balaban J connectivity index is 2.06. The van der Waals surface area contributed by atoms with Crippen LogP contribution >= 0.6 is 0 Å². The summed E-state index contributed by atoms with van der Waals surface area (Å²) in [5.41, 5.74) is -0.214. The van der Waals surface area contributed by atoms with Gasteiger partial charge in [0, 0.05) is 5.56 Å². The Morgan fingerprint density at radius 1 is 1.12 bits per heavy atom. The first kappa shape index (κ1) is 17.3. The van der Waals surface area contributed by atoms with Gasteiger partial charge in [0.2, 0.25) is 0 Å². The van der Waals surface area contributed by atoms with Crippen LogP contribution in [0.3, 0.4) is 0 Å². The highest BCUT2D eigenvalue weighted by Crippen LogP contribution is 2.27. The molecular formula is C16H12F3NO4. The van der Waals surface area contributed by atoms with Gasteiger partial charge in [-0.05, 0) is 30.3 Å². The van der Waals surface area contributed by atoms with Gasteiger partial charge in [-0.1, -0.05) is 0 Å². The van der Waals surface area contributed by atoms with Crippen molar-refractivity contribution in [1.29, 1.82) is 0 Å². The van der Waals surface area contributed by atoms with Gasteiger partial charge in [0.15, 0.2) is 35.6 Å². The minimum atomic E-state index is -1.69. The van der Waals surface area contributed by atoms with Crippen LogP contribution in [0.5, 0.6) is 11.5 Å². The topological polar surface area (TPSA) is 64.6 Å². The number of hydrogen-bond donors (Lipinski definition) is 1. The van der Waals surface area contributed by atoms with E-state index in [4.69, 9.17) is 9.47 Å². The summed E-state index contributed by atoms with van der Waals surface area (Å²) < 4.78 is 49.6.